The van der Waals surface area contributed by atoms with Crippen LogP contribution < -0.4 is 0 Å². The number of hydrogen-bond acceptors (Lipinski definition) is 6. The summed E-state index contributed by atoms with van der Waals surface area (Å²) in [6, 6.07) is 0. The van der Waals surface area contributed by atoms with E-state index in [1.54, 1.807) is 0 Å². The number of hydrogen-bond donors (Lipinski definition) is 6. The molecule has 0 bridgehead atoms. The first kappa shape index (κ1) is 31.1. The molecule has 0 saturated carbocycles. The van der Waals surface area contributed by atoms with Gasteiger partial charge in [0.2, 0.25) is 0 Å². The van der Waals surface area contributed by atoms with Gasteiger partial charge in [-0.05, 0) is 0 Å². The van der Waals surface area contributed by atoms with Crippen molar-refractivity contribution >= 4 is 26.9 Å². The van der Waals surface area contributed by atoms with Gasteiger partial charge in [-0.3, -0.25) is 0 Å². The Kier molecular flexibility index (Phi) is 52.8. The monoisotopic (exact) mass is 282 g/mol. The number of rotatable bonds is 3. The number of aliphatic hydroxyl groups excluding tert-OH is 6. The summed E-state index contributed by atoms with van der Waals surface area (Å²) < 4.78 is 0. The Morgan fingerprint density at radius 2 is 0.556 bits per heavy atom. The molecule has 0 heterocycles. The summed E-state index contributed by atoms with van der Waals surface area (Å²) in [6.45, 7) is 8.56. The zero-order chi connectivity index (χ0) is 14.7. The third-order valence-electron chi connectivity index (χ3n) is 0.300. The van der Waals surface area contributed by atoms with Crippen molar-refractivity contribution in [2.75, 3.05) is 39.6 Å². The van der Waals surface area contributed by atoms with E-state index in [1.807, 2.05) is 0 Å². The van der Waals surface area contributed by atoms with Gasteiger partial charge in [0.05, 0.1) is 39.6 Å². The van der Waals surface area contributed by atoms with Crippen LogP contribution in [0.5, 0.6) is 0 Å². The first-order valence-corrected chi connectivity index (χ1v) is 9.40. The van der Waals surface area contributed by atoms with E-state index < -0.39 is 8.07 Å². The van der Waals surface area contributed by atoms with Crippen LogP contribution >= 0.6 is 0 Å². The summed E-state index contributed by atoms with van der Waals surface area (Å²) in [5, 5.41) is 45.8. The van der Waals surface area contributed by atoms with Crippen molar-refractivity contribution in [3.05, 3.63) is 0 Å². The Bertz CT molecular complexity index is 81.3. The summed E-state index contributed by atoms with van der Waals surface area (Å²) in [5.74, 6) is 0. The quantitative estimate of drug-likeness (QED) is 0.340. The van der Waals surface area contributed by atoms with Crippen LogP contribution in [0.25, 0.3) is 0 Å². The topological polar surface area (TPSA) is 121 Å². The van der Waals surface area contributed by atoms with Gasteiger partial charge in [0.15, 0.2) is 0 Å². The molecule has 0 unspecified atom stereocenters. The second-order valence-electron chi connectivity index (χ2n) is 4.34. The SMILES string of the molecule is C[Si](C)(C)C.OCCO.OCCO.OCCO.[LiH]. The molecule has 112 valence electrons. The summed E-state index contributed by atoms with van der Waals surface area (Å²) in [5.41, 5.74) is 0. The molecule has 0 spiro atoms. The van der Waals surface area contributed by atoms with Crippen molar-refractivity contribution in [2.24, 2.45) is 0 Å². The minimum atomic E-state index is -0.611. The molecule has 0 radical (unpaired) electrons. The van der Waals surface area contributed by atoms with Gasteiger partial charge in [-0.25, -0.2) is 0 Å². The van der Waals surface area contributed by atoms with Gasteiger partial charge in [-0.1, -0.05) is 26.2 Å². The summed E-state index contributed by atoms with van der Waals surface area (Å²) in [4.78, 5) is 0. The molecule has 0 fully saturated rings. The van der Waals surface area contributed by atoms with Crippen LogP contribution in [0, 0.1) is 0 Å². The van der Waals surface area contributed by atoms with Gasteiger partial charge in [-0.15, -0.1) is 0 Å². The molecule has 6 nitrogen and oxygen atoms in total. The Morgan fingerprint density at radius 3 is 0.556 bits per heavy atom. The van der Waals surface area contributed by atoms with E-state index in [-0.39, 0.29) is 58.5 Å². The predicted molar refractivity (Wildman–Crippen MR) is 78.9 cm³/mol. The first-order chi connectivity index (χ1) is 7.74. The first-order valence-electron chi connectivity index (χ1n) is 5.40. The maximum absolute atomic E-state index is 7.62. The molecule has 0 amide bonds. The fraction of sp³-hybridized carbons (Fsp3) is 1.00. The molecule has 0 saturated heterocycles. The van der Waals surface area contributed by atoms with E-state index in [2.05, 4.69) is 26.2 Å². The van der Waals surface area contributed by atoms with E-state index in [9.17, 15) is 0 Å². The molecule has 0 aliphatic heterocycles. The number of aliphatic hydroxyl groups is 6. The van der Waals surface area contributed by atoms with Crippen molar-refractivity contribution in [2.45, 2.75) is 26.2 Å². The third-order valence-corrected chi connectivity index (χ3v) is 0.300. The summed E-state index contributed by atoms with van der Waals surface area (Å²) >= 11 is 0. The van der Waals surface area contributed by atoms with E-state index in [0.29, 0.717) is 0 Å². The van der Waals surface area contributed by atoms with Crippen LogP contribution in [0.1, 0.15) is 0 Å². The van der Waals surface area contributed by atoms with Crippen LogP contribution in [-0.2, 0) is 0 Å². The average Bonchev–Trinajstić information content (AvgIpc) is 2.27. The molecule has 0 aromatic rings. The fourth-order valence-corrected chi connectivity index (χ4v) is 0. The van der Waals surface area contributed by atoms with Crippen LogP contribution in [0.4, 0.5) is 0 Å². The molecule has 0 aromatic heterocycles. The van der Waals surface area contributed by atoms with Crippen molar-refractivity contribution in [1.29, 1.82) is 0 Å². The third kappa shape index (κ3) is 315. The molecular formula is C10H31LiO6Si. The maximum atomic E-state index is 7.62. The summed E-state index contributed by atoms with van der Waals surface area (Å²) in [6.07, 6.45) is 0. The zero-order valence-electron chi connectivity index (χ0n) is 11.4. The average molecular weight is 282 g/mol. The van der Waals surface area contributed by atoms with Crippen molar-refractivity contribution in [3.8, 4) is 0 Å². The van der Waals surface area contributed by atoms with Crippen molar-refractivity contribution in [3.63, 3.8) is 0 Å². The van der Waals surface area contributed by atoms with E-state index >= 15 is 0 Å². The van der Waals surface area contributed by atoms with Crippen LogP contribution in [0.3, 0.4) is 0 Å². The molecule has 18 heavy (non-hydrogen) atoms. The molecule has 8 heteroatoms. The van der Waals surface area contributed by atoms with Gasteiger partial charge in [-0.2, -0.15) is 0 Å². The van der Waals surface area contributed by atoms with Crippen molar-refractivity contribution < 1.29 is 30.6 Å². The van der Waals surface area contributed by atoms with Gasteiger partial charge in [0.25, 0.3) is 0 Å². The van der Waals surface area contributed by atoms with Gasteiger partial charge < -0.3 is 30.6 Å². The van der Waals surface area contributed by atoms with Crippen molar-refractivity contribution in [1.82, 2.24) is 0 Å². The molecular weight excluding hydrogens is 251 g/mol. The molecule has 0 aliphatic rings. The van der Waals surface area contributed by atoms with Crippen LogP contribution in [-0.4, -0.2) is 97.2 Å². The fourth-order valence-electron chi connectivity index (χ4n) is 0. The van der Waals surface area contributed by atoms with Gasteiger partial charge in [0.1, 0.15) is 0 Å². The second-order valence-corrected chi connectivity index (χ2v) is 10.3. The van der Waals surface area contributed by atoms with Crippen LogP contribution in [0.2, 0.25) is 26.2 Å². The van der Waals surface area contributed by atoms with Crippen LogP contribution in [0.15, 0.2) is 0 Å². The molecule has 0 aliphatic carbocycles. The second kappa shape index (κ2) is 30.5. The Labute approximate surface area is 123 Å². The Balaban J connectivity index is -0.0000000412. The predicted octanol–water partition coefficient (Wildman–Crippen LogP) is -1.78. The summed E-state index contributed by atoms with van der Waals surface area (Å²) in [7, 11) is -0.611. The Hall–Kier alpha value is 0.574. The normalized spacial score (nSPS) is 8.33. The molecule has 0 rings (SSSR count). The zero-order valence-corrected chi connectivity index (χ0v) is 12.4. The van der Waals surface area contributed by atoms with E-state index in [4.69, 9.17) is 30.6 Å². The minimum absolute atomic E-state index is 0. The molecule has 0 atom stereocenters. The van der Waals surface area contributed by atoms with E-state index in [1.165, 1.54) is 0 Å². The molecule has 0 aromatic carbocycles. The molecule has 6 N–H and O–H groups in total. The van der Waals surface area contributed by atoms with Gasteiger partial charge in [0, 0.05) is 8.07 Å². The van der Waals surface area contributed by atoms with Gasteiger partial charge >= 0.3 is 18.9 Å². The standard InChI is InChI=1S/C4H12Si.3C2H6O2.Li.H/c1-5(2,3)4;3*3-1-2-4;;/h1-4H3;3*3-4H,1-2H2;;. The Morgan fingerprint density at radius 1 is 0.500 bits per heavy atom. The van der Waals surface area contributed by atoms with E-state index in [0.717, 1.165) is 0 Å².